The molecule has 0 aliphatic carbocycles. The van der Waals surface area contributed by atoms with Crippen molar-refractivity contribution in [2.24, 2.45) is 0 Å². The average Bonchev–Trinajstić information content (AvgIpc) is 2.72. The third-order valence-corrected chi connectivity index (χ3v) is 2.02. The summed E-state index contributed by atoms with van der Waals surface area (Å²) in [6.07, 6.45) is 3.14. The van der Waals surface area contributed by atoms with Crippen LogP contribution in [0.4, 0.5) is 5.82 Å². The lowest BCUT2D eigenvalue weighted by atomic mass is 10.3. The van der Waals surface area contributed by atoms with Crippen molar-refractivity contribution < 1.29 is 4.42 Å². The van der Waals surface area contributed by atoms with Gasteiger partial charge in [0.1, 0.15) is 11.6 Å². The van der Waals surface area contributed by atoms with E-state index in [2.05, 4.69) is 15.3 Å². The number of furan rings is 1. The zero-order valence-electron chi connectivity index (χ0n) is 8.28. The minimum Gasteiger partial charge on any atom is -0.467 e. The summed E-state index contributed by atoms with van der Waals surface area (Å²) in [5.74, 6) is 1.48. The highest BCUT2D eigenvalue weighted by molar-refractivity contribution is 5.40. The Bertz CT molecular complexity index is 488. The van der Waals surface area contributed by atoms with Crippen LogP contribution < -0.4 is 11.0 Å². The van der Waals surface area contributed by atoms with E-state index in [0.717, 1.165) is 11.3 Å². The molecule has 2 heterocycles. The number of aryl methyl sites for hydroxylation is 1. The Hall–Kier alpha value is -2.04. The molecule has 0 aromatic carbocycles. The summed E-state index contributed by atoms with van der Waals surface area (Å²) >= 11 is 0. The van der Waals surface area contributed by atoms with Crippen LogP contribution in [0.3, 0.4) is 0 Å². The van der Waals surface area contributed by atoms with Crippen LogP contribution in [-0.4, -0.2) is 9.97 Å². The lowest BCUT2D eigenvalue weighted by molar-refractivity contribution is 0.517. The fourth-order valence-corrected chi connectivity index (χ4v) is 1.23. The number of nitrogens with zero attached hydrogens (tertiary/aromatic N) is 1. The number of rotatable bonds is 3. The first kappa shape index (κ1) is 9.51. The van der Waals surface area contributed by atoms with Crippen LogP contribution in [0.15, 0.2) is 33.8 Å². The molecule has 78 valence electrons. The van der Waals surface area contributed by atoms with Crippen LogP contribution in [-0.2, 0) is 6.54 Å². The van der Waals surface area contributed by atoms with E-state index in [1.54, 1.807) is 6.26 Å². The lowest BCUT2D eigenvalue weighted by Gasteiger charge is -2.06. The highest BCUT2D eigenvalue weighted by Crippen LogP contribution is 2.08. The van der Waals surface area contributed by atoms with E-state index < -0.39 is 0 Å². The molecule has 15 heavy (non-hydrogen) atoms. The third kappa shape index (κ3) is 2.25. The van der Waals surface area contributed by atoms with Gasteiger partial charge in [-0.2, -0.15) is 0 Å². The molecule has 2 N–H and O–H groups in total. The quantitative estimate of drug-likeness (QED) is 0.791. The van der Waals surface area contributed by atoms with Crippen molar-refractivity contribution in [1.82, 2.24) is 9.97 Å². The van der Waals surface area contributed by atoms with Crippen molar-refractivity contribution >= 4 is 5.82 Å². The largest absolute Gasteiger partial charge is 0.467 e. The molecule has 0 saturated carbocycles. The average molecular weight is 205 g/mol. The molecule has 0 aliphatic heterocycles. The summed E-state index contributed by atoms with van der Waals surface area (Å²) in [4.78, 5) is 17.2. The highest BCUT2D eigenvalue weighted by Gasteiger charge is 2.00. The molecular weight excluding hydrogens is 194 g/mol. The number of nitrogens with one attached hydrogen (secondary N) is 2. The third-order valence-electron chi connectivity index (χ3n) is 2.02. The van der Waals surface area contributed by atoms with Crippen molar-refractivity contribution in [2.75, 3.05) is 5.32 Å². The molecule has 2 aromatic rings. The Morgan fingerprint density at radius 3 is 3.20 bits per heavy atom. The molecule has 5 nitrogen and oxygen atoms in total. The highest BCUT2D eigenvalue weighted by atomic mass is 16.3. The van der Waals surface area contributed by atoms with Gasteiger partial charge in [-0.05, 0) is 19.1 Å². The summed E-state index contributed by atoms with van der Waals surface area (Å²) in [5.41, 5.74) is 0.531. The molecule has 5 heteroatoms. The topological polar surface area (TPSA) is 70.9 Å². The van der Waals surface area contributed by atoms with Crippen molar-refractivity contribution in [1.29, 1.82) is 0 Å². The molecule has 2 rings (SSSR count). The summed E-state index contributed by atoms with van der Waals surface area (Å²) in [5, 5.41) is 3.07. The molecule has 0 saturated heterocycles. The number of anilines is 1. The Kier molecular flexibility index (Phi) is 2.53. The van der Waals surface area contributed by atoms with Crippen LogP contribution in [0, 0.1) is 6.92 Å². The molecule has 0 bridgehead atoms. The molecule has 0 radical (unpaired) electrons. The van der Waals surface area contributed by atoms with Gasteiger partial charge in [0, 0.05) is 11.8 Å². The van der Waals surface area contributed by atoms with E-state index in [1.807, 2.05) is 19.1 Å². The predicted octanol–water partition coefficient (Wildman–Crippen LogP) is 1.28. The Labute approximate surface area is 86.2 Å². The number of aromatic amines is 1. The van der Waals surface area contributed by atoms with Crippen molar-refractivity contribution in [3.8, 4) is 0 Å². The monoisotopic (exact) mass is 205 g/mol. The van der Waals surface area contributed by atoms with Gasteiger partial charge in [-0.3, -0.25) is 4.98 Å². The van der Waals surface area contributed by atoms with E-state index in [0.29, 0.717) is 12.4 Å². The van der Waals surface area contributed by atoms with E-state index in [-0.39, 0.29) is 5.69 Å². The fourth-order valence-electron chi connectivity index (χ4n) is 1.23. The first-order valence-corrected chi connectivity index (χ1v) is 4.58. The van der Waals surface area contributed by atoms with Gasteiger partial charge in [0.2, 0.25) is 0 Å². The van der Waals surface area contributed by atoms with Gasteiger partial charge in [-0.25, -0.2) is 9.78 Å². The molecule has 0 amide bonds. The lowest BCUT2D eigenvalue weighted by Crippen LogP contribution is -2.14. The molecule has 0 spiro atoms. The standard InChI is InChI=1S/C10H11N3O2/c1-7-5-12-10(14)13-9(7)11-6-8-3-2-4-15-8/h2-5H,6H2,1H3,(H2,11,12,13,14). The predicted molar refractivity (Wildman–Crippen MR) is 55.6 cm³/mol. The fraction of sp³-hybridized carbons (Fsp3) is 0.200. The van der Waals surface area contributed by atoms with Crippen LogP contribution in [0.1, 0.15) is 11.3 Å². The van der Waals surface area contributed by atoms with E-state index in [1.165, 1.54) is 6.20 Å². The number of aromatic nitrogens is 2. The Morgan fingerprint density at radius 2 is 2.47 bits per heavy atom. The van der Waals surface area contributed by atoms with Crippen LogP contribution in [0.25, 0.3) is 0 Å². The van der Waals surface area contributed by atoms with Gasteiger partial charge in [-0.15, -0.1) is 0 Å². The van der Waals surface area contributed by atoms with Crippen molar-refractivity contribution in [2.45, 2.75) is 13.5 Å². The van der Waals surface area contributed by atoms with Gasteiger partial charge >= 0.3 is 5.69 Å². The zero-order chi connectivity index (χ0) is 10.7. The van der Waals surface area contributed by atoms with Gasteiger partial charge < -0.3 is 9.73 Å². The zero-order valence-corrected chi connectivity index (χ0v) is 8.28. The van der Waals surface area contributed by atoms with Crippen LogP contribution in [0.5, 0.6) is 0 Å². The summed E-state index contributed by atoms with van der Waals surface area (Å²) in [6, 6.07) is 3.68. The van der Waals surface area contributed by atoms with E-state index in [4.69, 9.17) is 4.42 Å². The molecule has 0 unspecified atom stereocenters. The Morgan fingerprint density at radius 1 is 1.60 bits per heavy atom. The van der Waals surface area contributed by atoms with Crippen LogP contribution >= 0.6 is 0 Å². The molecule has 0 atom stereocenters. The number of H-pyrrole nitrogens is 1. The maximum Gasteiger partial charge on any atom is 0.346 e. The van der Waals surface area contributed by atoms with Gasteiger partial charge in [0.25, 0.3) is 0 Å². The molecule has 0 aliphatic rings. The first-order valence-electron chi connectivity index (χ1n) is 4.58. The maximum atomic E-state index is 11.0. The minimum absolute atomic E-state index is 0.359. The van der Waals surface area contributed by atoms with Gasteiger partial charge in [0.15, 0.2) is 0 Å². The summed E-state index contributed by atoms with van der Waals surface area (Å²) < 4.78 is 5.16. The summed E-state index contributed by atoms with van der Waals surface area (Å²) in [6.45, 7) is 2.40. The second kappa shape index (κ2) is 4.00. The maximum absolute atomic E-state index is 11.0. The molecule has 0 fully saturated rings. The minimum atomic E-state index is -0.359. The molecular formula is C10H11N3O2. The molecule has 2 aromatic heterocycles. The Balaban J connectivity index is 2.11. The van der Waals surface area contributed by atoms with Gasteiger partial charge in [0.05, 0.1) is 12.8 Å². The normalized spacial score (nSPS) is 10.2. The SMILES string of the molecule is Cc1cnc(=O)[nH]c1NCc1ccco1. The summed E-state index contributed by atoms with van der Waals surface area (Å²) in [7, 11) is 0. The van der Waals surface area contributed by atoms with E-state index >= 15 is 0 Å². The van der Waals surface area contributed by atoms with Crippen molar-refractivity contribution in [3.63, 3.8) is 0 Å². The second-order valence-corrected chi connectivity index (χ2v) is 3.18. The van der Waals surface area contributed by atoms with Crippen LogP contribution in [0.2, 0.25) is 0 Å². The first-order chi connectivity index (χ1) is 7.25. The smallest absolute Gasteiger partial charge is 0.346 e. The second-order valence-electron chi connectivity index (χ2n) is 3.18. The van der Waals surface area contributed by atoms with Gasteiger partial charge in [-0.1, -0.05) is 0 Å². The number of hydrogen-bond acceptors (Lipinski definition) is 4. The van der Waals surface area contributed by atoms with E-state index in [9.17, 15) is 4.79 Å². The number of hydrogen-bond donors (Lipinski definition) is 2. The van der Waals surface area contributed by atoms with Crippen molar-refractivity contribution in [3.05, 3.63) is 46.4 Å².